The predicted molar refractivity (Wildman–Crippen MR) is 51.7 cm³/mol. The van der Waals surface area contributed by atoms with Gasteiger partial charge in [0, 0.05) is 19.3 Å². The van der Waals surface area contributed by atoms with Gasteiger partial charge in [0.15, 0.2) is 0 Å². The topological polar surface area (TPSA) is 48.2 Å². The highest BCUT2D eigenvalue weighted by Gasteiger charge is 2.06. The highest BCUT2D eigenvalue weighted by molar-refractivity contribution is 7.99. The molecule has 0 fully saturated rings. The van der Waals surface area contributed by atoms with E-state index in [9.17, 15) is 0 Å². The van der Waals surface area contributed by atoms with Gasteiger partial charge in [0.05, 0.1) is 12.4 Å². The maximum absolute atomic E-state index is 5.23. The van der Waals surface area contributed by atoms with Crippen molar-refractivity contribution in [2.24, 2.45) is 0 Å². The van der Waals surface area contributed by atoms with Gasteiger partial charge in [-0.15, -0.1) is 22.0 Å². The molecule has 0 saturated carbocycles. The molecule has 0 aromatic carbocycles. The molecule has 0 aliphatic carbocycles. The average molecular weight is 202 g/mol. The van der Waals surface area contributed by atoms with Crippen LogP contribution in [0.5, 0.6) is 0 Å². The van der Waals surface area contributed by atoms with Gasteiger partial charge in [-0.25, -0.2) is 0 Å². The SMILES string of the molecule is COC[C@H](C)SCc1nnc(C)o1. The van der Waals surface area contributed by atoms with Gasteiger partial charge in [0.25, 0.3) is 0 Å². The molecule has 4 nitrogen and oxygen atoms in total. The van der Waals surface area contributed by atoms with E-state index in [4.69, 9.17) is 9.15 Å². The fourth-order valence-corrected chi connectivity index (χ4v) is 1.67. The standard InChI is InChI=1S/C8H14N2O2S/c1-6(4-11-3)13-5-8-10-9-7(2)12-8/h6H,4-5H2,1-3H3/t6-/m0/s1. The van der Waals surface area contributed by atoms with Crippen molar-refractivity contribution in [2.45, 2.75) is 24.9 Å². The first-order valence-electron chi connectivity index (χ1n) is 4.12. The Morgan fingerprint density at radius 2 is 2.31 bits per heavy atom. The molecular formula is C8H14N2O2S. The summed E-state index contributed by atoms with van der Waals surface area (Å²) in [6, 6.07) is 0. The van der Waals surface area contributed by atoms with Gasteiger partial charge < -0.3 is 9.15 Å². The van der Waals surface area contributed by atoms with E-state index in [1.54, 1.807) is 25.8 Å². The van der Waals surface area contributed by atoms with Crippen molar-refractivity contribution in [3.05, 3.63) is 11.8 Å². The van der Waals surface area contributed by atoms with Crippen LogP contribution in [-0.4, -0.2) is 29.2 Å². The lowest BCUT2D eigenvalue weighted by Gasteiger charge is -2.06. The molecule has 1 aromatic heterocycles. The van der Waals surface area contributed by atoms with Gasteiger partial charge in [-0.2, -0.15) is 0 Å². The third-order valence-electron chi connectivity index (χ3n) is 1.46. The lowest BCUT2D eigenvalue weighted by atomic mass is 10.5. The van der Waals surface area contributed by atoms with Crippen molar-refractivity contribution in [1.29, 1.82) is 0 Å². The van der Waals surface area contributed by atoms with Gasteiger partial charge in [0.1, 0.15) is 0 Å². The van der Waals surface area contributed by atoms with Crippen molar-refractivity contribution >= 4 is 11.8 Å². The largest absolute Gasteiger partial charge is 0.425 e. The maximum Gasteiger partial charge on any atom is 0.226 e. The van der Waals surface area contributed by atoms with Crippen LogP contribution in [0.25, 0.3) is 0 Å². The Kier molecular flexibility index (Phi) is 4.24. The fourth-order valence-electron chi connectivity index (χ4n) is 0.892. The molecule has 1 heterocycles. The second kappa shape index (κ2) is 5.24. The van der Waals surface area contributed by atoms with Crippen LogP contribution >= 0.6 is 11.8 Å². The minimum absolute atomic E-state index is 0.456. The monoisotopic (exact) mass is 202 g/mol. The summed E-state index contributed by atoms with van der Waals surface area (Å²) in [6.07, 6.45) is 0. The highest BCUT2D eigenvalue weighted by atomic mass is 32.2. The molecule has 0 aliphatic rings. The van der Waals surface area contributed by atoms with E-state index in [-0.39, 0.29) is 0 Å². The second-order valence-corrected chi connectivity index (χ2v) is 4.22. The Hall–Kier alpha value is -0.550. The van der Waals surface area contributed by atoms with Crippen LogP contribution in [0, 0.1) is 6.92 Å². The fraction of sp³-hybridized carbons (Fsp3) is 0.750. The van der Waals surface area contributed by atoms with Crippen molar-refractivity contribution in [2.75, 3.05) is 13.7 Å². The lowest BCUT2D eigenvalue weighted by molar-refractivity contribution is 0.203. The first-order valence-corrected chi connectivity index (χ1v) is 5.16. The van der Waals surface area contributed by atoms with Crippen LogP contribution in [-0.2, 0) is 10.5 Å². The van der Waals surface area contributed by atoms with Crippen LogP contribution in [0.1, 0.15) is 18.7 Å². The predicted octanol–water partition coefficient (Wildman–Crippen LogP) is 1.65. The molecule has 0 radical (unpaired) electrons. The number of thioether (sulfide) groups is 1. The summed E-state index contributed by atoms with van der Waals surface area (Å²) >= 11 is 1.75. The summed E-state index contributed by atoms with van der Waals surface area (Å²) in [6.45, 7) is 4.65. The number of hydrogen-bond acceptors (Lipinski definition) is 5. The molecule has 13 heavy (non-hydrogen) atoms. The van der Waals surface area contributed by atoms with E-state index in [0.29, 0.717) is 17.0 Å². The summed E-state index contributed by atoms with van der Waals surface area (Å²) in [5.41, 5.74) is 0. The zero-order valence-corrected chi connectivity index (χ0v) is 8.93. The molecule has 1 rings (SSSR count). The van der Waals surface area contributed by atoms with Crippen molar-refractivity contribution in [1.82, 2.24) is 10.2 Å². The number of aromatic nitrogens is 2. The average Bonchev–Trinajstić information content (AvgIpc) is 2.49. The number of hydrogen-bond donors (Lipinski definition) is 0. The van der Waals surface area contributed by atoms with E-state index in [2.05, 4.69) is 17.1 Å². The molecule has 0 N–H and O–H groups in total. The third-order valence-corrected chi connectivity index (χ3v) is 2.58. The second-order valence-electron chi connectivity index (χ2n) is 2.79. The van der Waals surface area contributed by atoms with E-state index >= 15 is 0 Å². The Morgan fingerprint density at radius 3 is 2.85 bits per heavy atom. The normalized spacial score (nSPS) is 13.2. The van der Waals surface area contributed by atoms with Crippen LogP contribution in [0.15, 0.2) is 4.42 Å². The molecule has 0 spiro atoms. The minimum Gasteiger partial charge on any atom is -0.425 e. The van der Waals surface area contributed by atoms with Gasteiger partial charge in [-0.05, 0) is 0 Å². The third kappa shape index (κ3) is 3.78. The van der Waals surface area contributed by atoms with Gasteiger partial charge in [-0.3, -0.25) is 0 Å². The molecule has 0 bridgehead atoms. The Labute approximate surface area is 82.1 Å². The van der Waals surface area contributed by atoms with Crippen LogP contribution in [0.3, 0.4) is 0 Å². The zero-order chi connectivity index (χ0) is 9.68. The van der Waals surface area contributed by atoms with Crippen molar-refractivity contribution in [3.63, 3.8) is 0 Å². The molecule has 0 saturated heterocycles. The van der Waals surface area contributed by atoms with Crippen molar-refractivity contribution < 1.29 is 9.15 Å². The highest BCUT2D eigenvalue weighted by Crippen LogP contribution is 2.16. The quantitative estimate of drug-likeness (QED) is 0.726. The van der Waals surface area contributed by atoms with Crippen LogP contribution in [0.4, 0.5) is 0 Å². The van der Waals surface area contributed by atoms with Gasteiger partial charge in [0.2, 0.25) is 11.8 Å². The minimum atomic E-state index is 0.456. The smallest absolute Gasteiger partial charge is 0.226 e. The molecule has 0 amide bonds. The Balaban J connectivity index is 2.26. The van der Waals surface area contributed by atoms with Crippen molar-refractivity contribution in [3.8, 4) is 0 Å². The van der Waals surface area contributed by atoms with E-state index in [1.807, 2.05) is 0 Å². The number of nitrogens with zero attached hydrogens (tertiary/aromatic N) is 2. The lowest BCUT2D eigenvalue weighted by Crippen LogP contribution is -2.05. The first-order chi connectivity index (χ1) is 6.22. The number of aryl methyl sites for hydroxylation is 1. The number of rotatable bonds is 5. The van der Waals surface area contributed by atoms with E-state index in [0.717, 1.165) is 12.4 Å². The molecule has 0 aliphatic heterocycles. The Bertz CT molecular complexity index is 252. The van der Waals surface area contributed by atoms with Crippen LogP contribution < -0.4 is 0 Å². The Morgan fingerprint density at radius 1 is 1.54 bits per heavy atom. The summed E-state index contributed by atoms with van der Waals surface area (Å²) in [4.78, 5) is 0. The van der Waals surface area contributed by atoms with Crippen LogP contribution in [0.2, 0.25) is 0 Å². The first kappa shape index (κ1) is 10.5. The number of ether oxygens (including phenoxy) is 1. The maximum atomic E-state index is 5.23. The molecule has 0 unspecified atom stereocenters. The molecular weight excluding hydrogens is 188 g/mol. The van der Waals surface area contributed by atoms with E-state index < -0.39 is 0 Å². The zero-order valence-electron chi connectivity index (χ0n) is 8.11. The molecule has 5 heteroatoms. The van der Waals surface area contributed by atoms with Gasteiger partial charge >= 0.3 is 0 Å². The molecule has 74 valence electrons. The summed E-state index contributed by atoms with van der Waals surface area (Å²) in [5, 5.41) is 8.10. The summed E-state index contributed by atoms with van der Waals surface area (Å²) in [7, 11) is 1.70. The van der Waals surface area contributed by atoms with Gasteiger partial charge in [-0.1, -0.05) is 6.92 Å². The summed E-state index contributed by atoms with van der Waals surface area (Å²) < 4.78 is 10.2. The van der Waals surface area contributed by atoms with E-state index in [1.165, 1.54) is 0 Å². The summed E-state index contributed by atoms with van der Waals surface area (Å²) in [5.74, 6) is 2.06. The molecule has 1 atom stereocenters. The molecule has 1 aromatic rings. The number of methoxy groups -OCH3 is 1.